The molecule has 0 aliphatic heterocycles. The van der Waals surface area contributed by atoms with Crippen LogP contribution in [0.4, 0.5) is 0 Å². The van der Waals surface area contributed by atoms with Crippen LogP contribution < -0.4 is 4.72 Å². The van der Waals surface area contributed by atoms with Crippen LogP contribution in [0.3, 0.4) is 0 Å². The number of rotatable bonds is 7. The molecule has 1 unspecified atom stereocenters. The second-order valence-electron chi connectivity index (χ2n) is 3.75. The summed E-state index contributed by atoms with van der Waals surface area (Å²) in [5, 5.41) is 0.865. The van der Waals surface area contributed by atoms with Crippen molar-refractivity contribution in [3.05, 3.63) is 12.5 Å². The van der Waals surface area contributed by atoms with Crippen molar-refractivity contribution in [1.82, 2.24) is 14.3 Å². The topological polar surface area (TPSA) is 64.0 Å². The third-order valence-corrected chi connectivity index (χ3v) is 4.39. The van der Waals surface area contributed by atoms with Gasteiger partial charge in [0.05, 0.1) is 6.33 Å². The Morgan fingerprint density at radius 2 is 2.24 bits per heavy atom. The van der Waals surface area contributed by atoms with Crippen molar-refractivity contribution < 1.29 is 8.42 Å². The summed E-state index contributed by atoms with van der Waals surface area (Å²) in [7, 11) is -3.49. The van der Waals surface area contributed by atoms with Gasteiger partial charge in [0.15, 0.2) is 5.03 Å². The van der Waals surface area contributed by atoms with Crippen molar-refractivity contribution in [2.24, 2.45) is 0 Å². The Bertz CT molecular complexity index is 444. The SMILES string of the molecule is CCC(CCBr)NS(=O)(=O)c1cn(CC)cn1. The fourth-order valence-corrected chi connectivity index (χ4v) is 3.27. The zero-order chi connectivity index (χ0) is 12.9. The van der Waals surface area contributed by atoms with Gasteiger partial charge in [-0.1, -0.05) is 22.9 Å². The molecule has 0 radical (unpaired) electrons. The van der Waals surface area contributed by atoms with Crippen molar-refractivity contribution in [3.8, 4) is 0 Å². The number of nitrogens with zero attached hydrogens (tertiary/aromatic N) is 2. The van der Waals surface area contributed by atoms with Crippen LogP contribution in [0, 0.1) is 0 Å². The molecular weight excluding hydrogens is 306 g/mol. The molecule has 0 saturated carbocycles. The summed E-state index contributed by atoms with van der Waals surface area (Å²) in [4.78, 5) is 3.91. The van der Waals surface area contributed by atoms with Gasteiger partial charge in [-0.3, -0.25) is 0 Å². The first-order valence-corrected chi connectivity index (χ1v) is 8.24. The Morgan fingerprint density at radius 1 is 1.53 bits per heavy atom. The van der Waals surface area contributed by atoms with E-state index in [-0.39, 0.29) is 11.1 Å². The molecule has 0 spiro atoms. The van der Waals surface area contributed by atoms with Crippen LogP contribution in [0.25, 0.3) is 0 Å². The Labute approximate surface area is 111 Å². The third-order valence-electron chi connectivity index (χ3n) is 2.52. The molecule has 0 aromatic carbocycles. The van der Waals surface area contributed by atoms with Crippen LogP contribution in [-0.2, 0) is 16.6 Å². The van der Waals surface area contributed by atoms with Crippen LogP contribution >= 0.6 is 15.9 Å². The number of aryl methyl sites for hydroxylation is 1. The predicted molar refractivity (Wildman–Crippen MR) is 70.7 cm³/mol. The van der Waals surface area contributed by atoms with Crippen molar-refractivity contribution in [2.75, 3.05) is 5.33 Å². The summed E-state index contributed by atoms with van der Waals surface area (Å²) in [6.07, 6.45) is 4.60. The zero-order valence-electron chi connectivity index (χ0n) is 10.1. The van der Waals surface area contributed by atoms with Gasteiger partial charge in [-0.2, -0.15) is 0 Å². The summed E-state index contributed by atoms with van der Waals surface area (Å²) in [5.74, 6) is 0. The normalized spacial score (nSPS) is 13.8. The van der Waals surface area contributed by atoms with Crippen LogP contribution in [-0.4, -0.2) is 29.3 Å². The Hall–Kier alpha value is -0.400. The number of imidazole rings is 1. The molecule has 1 aromatic heterocycles. The lowest BCUT2D eigenvalue weighted by Crippen LogP contribution is -2.34. The first kappa shape index (κ1) is 14.7. The summed E-state index contributed by atoms with van der Waals surface area (Å²) < 4.78 is 28.4. The summed E-state index contributed by atoms with van der Waals surface area (Å²) >= 11 is 3.32. The molecule has 0 fully saturated rings. The minimum atomic E-state index is -3.49. The Balaban J connectivity index is 2.80. The van der Waals surface area contributed by atoms with Gasteiger partial charge in [0.25, 0.3) is 10.0 Å². The highest BCUT2D eigenvalue weighted by Crippen LogP contribution is 2.09. The second kappa shape index (κ2) is 6.51. The molecular formula is C10H18BrN3O2S. The number of alkyl halides is 1. The lowest BCUT2D eigenvalue weighted by Gasteiger charge is -2.14. The van der Waals surface area contributed by atoms with Crippen LogP contribution in [0.5, 0.6) is 0 Å². The zero-order valence-corrected chi connectivity index (χ0v) is 12.5. The molecule has 1 N–H and O–H groups in total. The van der Waals surface area contributed by atoms with Gasteiger partial charge >= 0.3 is 0 Å². The molecule has 98 valence electrons. The molecule has 0 aliphatic rings. The molecule has 0 bridgehead atoms. The van der Waals surface area contributed by atoms with Crippen molar-refractivity contribution >= 4 is 26.0 Å². The lowest BCUT2D eigenvalue weighted by atomic mass is 10.2. The summed E-state index contributed by atoms with van der Waals surface area (Å²) in [6, 6.07) is -0.0499. The fourth-order valence-electron chi connectivity index (χ4n) is 1.41. The van der Waals surface area contributed by atoms with Gasteiger partial charge in [-0.05, 0) is 19.8 Å². The predicted octanol–water partition coefficient (Wildman–Crippen LogP) is 1.74. The highest BCUT2D eigenvalue weighted by atomic mass is 79.9. The first-order chi connectivity index (χ1) is 8.03. The molecule has 1 rings (SSSR count). The van der Waals surface area contributed by atoms with Crippen molar-refractivity contribution in [3.63, 3.8) is 0 Å². The van der Waals surface area contributed by atoms with Gasteiger partial charge in [-0.25, -0.2) is 18.1 Å². The average Bonchev–Trinajstić information content (AvgIpc) is 2.77. The average molecular weight is 324 g/mol. The van der Waals surface area contributed by atoms with Gasteiger partial charge < -0.3 is 4.57 Å². The van der Waals surface area contributed by atoms with Gasteiger partial charge in [0.1, 0.15) is 0 Å². The second-order valence-corrected chi connectivity index (χ2v) is 6.20. The Morgan fingerprint density at radius 3 is 2.71 bits per heavy atom. The number of hydrogen-bond donors (Lipinski definition) is 1. The largest absolute Gasteiger partial charge is 0.336 e. The molecule has 1 atom stereocenters. The molecule has 1 aromatic rings. The lowest BCUT2D eigenvalue weighted by molar-refractivity contribution is 0.530. The number of halogens is 1. The fraction of sp³-hybridized carbons (Fsp3) is 0.700. The van der Waals surface area contributed by atoms with E-state index < -0.39 is 10.0 Å². The minimum Gasteiger partial charge on any atom is -0.336 e. The smallest absolute Gasteiger partial charge is 0.259 e. The molecule has 1 heterocycles. The van der Waals surface area contributed by atoms with E-state index >= 15 is 0 Å². The van der Waals surface area contributed by atoms with Crippen molar-refractivity contribution in [2.45, 2.75) is 44.3 Å². The highest BCUT2D eigenvalue weighted by molar-refractivity contribution is 9.09. The molecule has 5 nitrogen and oxygen atoms in total. The quantitative estimate of drug-likeness (QED) is 0.777. The molecule has 17 heavy (non-hydrogen) atoms. The Kier molecular flexibility index (Phi) is 5.61. The van der Waals surface area contributed by atoms with Crippen LogP contribution in [0.15, 0.2) is 17.6 Å². The van der Waals surface area contributed by atoms with E-state index in [0.29, 0.717) is 6.54 Å². The molecule has 0 saturated heterocycles. The van der Waals surface area contributed by atoms with E-state index in [1.54, 1.807) is 10.8 Å². The van der Waals surface area contributed by atoms with E-state index in [1.807, 2.05) is 13.8 Å². The maximum atomic E-state index is 12.0. The first-order valence-electron chi connectivity index (χ1n) is 5.63. The third kappa shape index (κ3) is 4.08. The van der Waals surface area contributed by atoms with E-state index in [1.165, 1.54) is 6.33 Å². The monoisotopic (exact) mass is 323 g/mol. The number of sulfonamides is 1. The van der Waals surface area contributed by atoms with Crippen molar-refractivity contribution in [1.29, 1.82) is 0 Å². The molecule has 7 heteroatoms. The maximum Gasteiger partial charge on any atom is 0.259 e. The minimum absolute atomic E-state index is 0.0499. The van der Waals surface area contributed by atoms with E-state index in [0.717, 1.165) is 18.2 Å². The highest BCUT2D eigenvalue weighted by Gasteiger charge is 2.20. The van der Waals surface area contributed by atoms with Gasteiger partial charge in [0.2, 0.25) is 0 Å². The van der Waals surface area contributed by atoms with Crippen LogP contribution in [0.1, 0.15) is 26.7 Å². The van der Waals surface area contributed by atoms with E-state index in [4.69, 9.17) is 0 Å². The number of aromatic nitrogens is 2. The summed E-state index contributed by atoms with van der Waals surface area (Å²) in [6.45, 7) is 4.60. The number of hydrogen-bond acceptors (Lipinski definition) is 3. The van der Waals surface area contributed by atoms with Crippen LogP contribution in [0.2, 0.25) is 0 Å². The van der Waals surface area contributed by atoms with E-state index in [9.17, 15) is 8.42 Å². The standard InChI is InChI=1S/C10H18BrN3O2S/c1-3-9(5-6-11)13-17(15,16)10-7-14(4-2)8-12-10/h7-9,13H,3-6H2,1-2H3. The molecule has 0 aliphatic carbocycles. The van der Waals surface area contributed by atoms with Gasteiger partial charge in [0, 0.05) is 24.1 Å². The maximum absolute atomic E-state index is 12.0. The van der Waals surface area contributed by atoms with Gasteiger partial charge in [-0.15, -0.1) is 0 Å². The number of nitrogens with one attached hydrogen (secondary N) is 1. The molecule has 0 amide bonds. The summed E-state index contributed by atoms with van der Waals surface area (Å²) in [5.41, 5.74) is 0. The van der Waals surface area contributed by atoms with E-state index in [2.05, 4.69) is 25.6 Å².